The summed E-state index contributed by atoms with van der Waals surface area (Å²) in [6.45, 7) is 5.07. The molecule has 2 amide bonds. The molecule has 0 aromatic heterocycles. The van der Waals surface area contributed by atoms with Crippen molar-refractivity contribution >= 4 is 35.0 Å². The Morgan fingerprint density at radius 1 is 1.21 bits per heavy atom. The Hall–Kier alpha value is -1.46. The van der Waals surface area contributed by atoms with Gasteiger partial charge in [0.05, 0.1) is 17.2 Å². The van der Waals surface area contributed by atoms with Crippen molar-refractivity contribution in [3.63, 3.8) is 0 Å². The van der Waals surface area contributed by atoms with Gasteiger partial charge >= 0.3 is 0 Å². The van der Waals surface area contributed by atoms with Crippen LogP contribution in [0.5, 0.6) is 5.75 Å². The molecule has 1 aliphatic rings. The molecule has 7 heteroatoms. The van der Waals surface area contributed by atoms with Crippen LogP contribution in [0.4, 0.5) is 0 Å². The summed E-state index contributed by atoms with van der Waals surface area (Å²) in [5, 5.41) is 3.60. The lowest BCUT2D eigenvalue weighted by Gasteiger charge is -2.33. The van der Waals surface area contributed by atoms with Crippen LogP contribution in [0.2, 0.25) is 10.0 Å². The maximum absolute atomic E-state index is 12.6. The van der Waals surface area contributed by atoms with E-state index in [1.807, 2.05) is 18.7 Å². The van der Waals surface area contributed by atoms with E-state index in [-0.39, 0.29) is 35.1 Å². The summed E-state index contributed by atoms with van der Waals surface area (Å²) in [4.78, 5) is 26.4. The van der Waals surface area contributed by atoms with E-state index in [0.717, 1.165) is 0 Å². The number of nitrogens with one attached hydrogen (secondary N) is 1. The van der Waals surface area contributed by atoms with Gasteiger partial charge < -0.3 is 15.0 Å². The van der Waals surface area contributed by atoms with Gasteiger partial charge in [-0.1, -0.05) is 37.0 Å². The lowest BCUT2D eigenvalue weighted by atomic mass is 10.0. The van der Waals surface area contributed by atoms with Crippen molar-refractivity contribution in [1.29, 1.82) is 0 Å². The largest absolute Gasteiger partial charge is 0.494 e. The number of benzene rings is 1. The second-order valence-corrected chi connectivity index (χ2v) is 6.98. The molecule has 0 spiro atoms. The summed E-state index contributed by atoms with van der Waals surface area (Å²) in [7, 11) is 1.45. The van der Waals surface area contributed by atoms with Gasteiger partial charge in [0.25, 0.3) is 5.91 Å². The molecule has 1 aromatic rings. The predicted octanol–water partition coefficient (Wildman–Crippen LogP) is 3.38. The first kappa shape index (κ1) is 18.9. The molecule has 5 nitrogen and oxygen atoms in total. The summed E-state index contributed by atoms with van der Waals surface area (Å²) in [6.07, 6.45) is 1.43. The van der Waals surface area contributed by atoms with E-state index in [2.05, 4.69) is 5.32 Å². The monoisotopic (exact) mass is 372 g/mol. The molecule has 0 bridgehead atoms. The van der Waals surface area contributed by atoms with E-state index in [0.29, 0.717) is 36.0 Å². The fraction of sp³-hybridized carbons (Fsp3) is 0.529. The molecule has 0 atom stereocenters. The number of likely N-dealkylation sites (tertiary alicyclic amines) is 1. The minimum Gasteiger partial charge on any atom is -0.494 e. The van der Waals surface area contributed by atoms with Crippen LogP contribution in [0.1, 0.15) is 37.0 Å². The highest BCUT2D eigenvalue weighted by Crippen LogP contribution is 2.34. The minimum absolute atomic E-state index is 0.00605. The highest BCUT2D eigenvalue weighted by molar-refractivity contribution is 6.37. The predicted molar refractivity (Wildman–Crippen MR) is 94.9 cm³/mol. The van der Waals surface area contributed by atoms with Crippen LogP contribution in [-0.2, 0) is 4.79 Å². The summed E-state index contributed by atoms with van der Waals surface area (Å²) >= 11 is 12.2. The molecule has 0 aliphatic carbocycles. The van der Waals surface area contributed by atoms with E-state index < -0.39 is 0 Å². The molecule has 0 unspecified atom stereocenters. The molecule has 24 heavy (non-hydrogen) atoms. The van der Waals surface area contributed by atoms with Crippen molar-refractivity contribution in [2.45, 2.75) is 32.7 Å². The van der Waals surface area contributed by atoms with Gasteiger partial charge in [0, 0.05) is 25.0 Å². The highest BCUT2D eigenvalue weighted by Gasteiger charge is 2.27. The number of carbonyl (C=O) groups is 2. The molecule has 1 heterocycles. The zero-order chi connectivity index (χ0) is 17.9. The molecule has 0 saturated carbocycles. The summed E-state index contributed by atoms with van der Waals surface area (Å²) < 4.78 is 5.21. The zero-order valence-electron chi connectivity index (χ0n) is 14.1. The third-order valence-electron chi connectivity index (χ3n) is 4.13. The van der Waals surface area contributed by atoms with Crippen LogP contribution in [-0.4, -0.2) is 43.0 Å². The average molecular weight is 373 g/mol. The number of nitrogens with zero attached hydrogens (tertiary/aromatic N) is 1. The fourth-order valence-electron chi connectivity index (χ4n) is 2.81. The third kappa shape index (κ3) is 4.14. The molecular weight excluding hydrogens is 351 g/mol. The van der Waals surface area contributed by atoms with Crippen molar-refractivity contribution in [3.05, 3.63) is 27.7 Å². The highest BCUT2D eigenvalue weighted by atomic mass is 35.5. The molecule has 1 aromatic carbocycles. The first-order valence-electron chi connectivity index (χ1n) is 7.96. The first-order chi connectivity index (χ1) is 11.3. The fourth-order valence-corrected chi connectivity index (χ4v) is 3.28. The Bertz CT molecular complexity index is 627. The van der Waals surface area contributed by atoms with Crippen LogP contribution in [0.25, 0.3) is 0 Å². The average Bonchev–Trinajstić information content (AvgIpc) is 2.56. The lowest BCUT2D eigenvalue weighted by Crippen LogP contribution is -2.47. The Morgan fingerprint density at radius 3 is 2.33 bits per heavy atom. The van der Waals surface area contributed by atoms with Crippen LogP contribution in [0, 0.1) is 5.92 Å². The van der Waals surface area contributed by atoms with Crippen molar-refractivity contribution in [1.82, 2.24) is 10.2 Å². The number of piperidine rings is 1. The quantitative estimate of drug-likeness (QED) is 0.880. The number of hydrogen-bond donors (Lipinski definition) is 1. The first-order valence-corrected chi connectivity index (χ1v) is 8.72. The third-order valence-corrected chi connectivity index (χ3v) is 4.74. The summed E-state index contributed by atoms with van der Waals surface area (Å²) in [6, 6.07) is 3.16. The van der Waals surface area contributed by atoms with Gasteiger partial charge in [-0.15, -0.1) is 0 Å². The van der Waals surface area contributed by atoms with Gasteiger partial charge in [0.15, 0.2) is 5.75 Å². The van der Waals surface area contributed by atoms with Crippen LogP contribution >= 0.6 is 23.2 Å². The van der Waals surface area contributed by atoms with Crippen molar-refractivity contribution in [3.8, 4) is 5.75 Å². The second kappa shape index (κ2) is 8.08. The molecular formula is C17H22Cl2N2O3. The van der Waals surface area contributed by atoms with Crippen LogP contribution in [0.3, 0.4) is 0 Å². The number of rotatable bonds is 4. The Morgan fingerprint density at radius 2 is 1.79 bits per heavy atom. The van der Waals surface area contributed by atoms with Crippen molar-refractivity contribution in [2.75, 3.05) is 20.2 Å². The molecule has 1 N–H and O–H groups in total. The van der Waals surface area contributed by atoms with Gasteiger partial charge in [0.2, 0.25) is 5.91 Å². The van der Waals surface area contributed by atoms with E-state index in [4.69, 9.17) is 27.9 Å². The maximum atomic E-state index is 12.6. The van der Waals surface area contributed by atoms with Gasteiger partial charge in [-0.25, -0.2) is 0 Å². The zero-order valence-corrected chi connectivity index (χ0v) is 15.6. The molecule has 0 radical (unpaired) electrons. The summed E-state index contributed by atoms with van der Waals surface area (Å²) in [5.41, 5.74) is 0.243. The number of hydrogen-bond acceptors (Lipinski definition) is 3. The molecule has 1 aliphatic heterocycles. The summed E-state index contributed by atoms with van der Waals surface area (Å²) in [5.74, 6) is 0.104. The SMILES string of the molecule is COc1c(Cl)ccc(Cl)c1C(=O)NC1CCN(C(=O)C(C)C)CC1. The van der Waals surface area contributed by atoms with Crippen LogP contribution < -0.4 is 10.1 Å². The topological polar surface area (TPSA) is 58.6 Å². The van der Waals surface area contributed by atoms with Gasteiger partial charge in [-0.3, -0.25) is 9.59 Å². The normalized spacial score (nSPS) is 15.5. The smallest absolute Gasteiger partial charge is 0.256 e. The van der Waals surface area contributed by atoms with Gasteiger partial charge in [-0.05, 0) is 25.0 Å². The number of amides is 2. The number of ether oxygens (including phenoxy) is 1. The molecule has 2 rings (SSSR count). The molecule has 132 valence electrons. The lowest BCUT2D eigenvalue weighted by molar-refractivity contribution is -0.135. The van der Waals surface area contributed by atoms with Crippen molar-refractivity contribution < 1.29 is 14.3 Å². The number of methoxy groups -OCH3 is 1. The molecule has 1 saturated heterocycles. The standard InChI is InChI=1S/C17H22Cl2N2O3/c1-10(2)17(23)21-8-6-11(7-9-21)20-16(22)14-12(18)4-5-13(19)15(14)24-3/h4-5,10-11H,6-9H2,1-3H3,(H,20,22). The van der Waals surface area contributed by atoms with E-state index in [9.17, 15) is 9.59 Å². The van der Waals surface area contributed by atoms with E-state index >= 15 is 0 Å². The van der Waals surface area contributed by atoms with Gasteiger partial charge in [0.1, 0.15) is 5.56 Å². The van der Waals surface area contributed by atoms with E-state index in [1.54, 1.807) is 12.1 Å². The number of halogens is 2. The van der Waals surface area contributed by atoms with E-state index in [1.165, 1.54) is 7.11 Å². The Kier molecular flexibility index (Phi) is 6.35. The maximum Gasteiger partial charge on any atom is 0.256 e. The Labute approximate surface area is 152 Å². The second-order valence-electron chi connectivity index (χ2n) is 6.17. The van der Waals surface area contributed by atoms with Crippen molar-refractivity contribution in [2.24, 2.45) is 5.92 Å². The van der Waals surface area contributed by atoms with Gasteiger partial charge in [-0.2, -0.15) is 0 Å². The Balaban J connectivity index is 2.02. The minimum atomic E-state index is -0.312. The van der Waals surface area contributed by atoms with Crippen LogP contribution in [0.15, 0.2) is 12.1 Å². The molecule has 1 fully saturated rings. The number of carbonyl (C=O) groups excluding carboxylic acids is 2.